The van der Waals surface area contributed by atoms with E-state index in [1.54, 1.807) is 12.1 Å². The van der Waals surface area contributed by atoms with Crippen LogP contribution in [0.4, 0.5) is 5.69 Å². The van der Waals surface area contributed by atoms with Crippen LogP contribution in [0, 0.1) is 23.7 Å². The van der Waals surface area contributed by atoms with Crippen molar-refractivity contribution in [3.05, 3.63) is 29.3 Å². The van der Waals surface area contributed by atoms with Crippen LogP contribution < -0.4 is 5.32 Å². The Morgan fingerprint density at radius 1 is 1.25 bits per heavy atom. The second kappa shape index (κ2) is 6.62. The molecule has 1 aromatic carbocycles. The highest BCUT2D eigenvalue weighted by Gasteiger charge is 2.35. The van der Waals surface area contributed by atoms with E-state index in [9.17, 15) is 4.79 Å². The lowest BCUT2D eigenvalue weighted by Crippen LogP contribution is -2.36. The van der Waals surface area contributed by atoms with Crippen LogP contribution in [-0.4, -0.2) is 5.91 Å². The maximum atomic E-state index is 12.6. The van der Waals surface area contributed by atoms with Gasteiger partial charge in [0.05, 0.1) is 0 Å². The Hall–Kier alpha value is -1.02. The molecule has 0 aromatic heterocycles. The summed E-state index contributed by atoms with van der Waals surface area (Å²) in [6.45, 7) is 6.70. The van der Waals surface area contributed by atoms with Crippen LogP contribution in [0.1, 0.15) is 40.0 Å². The number of nitrogens with one attached hydrogen (secondary N) is 1. The average molecular weight is 294 g/mol. The molecule has 1 N–H and O–H groups in total. The maximum Gasteiger partial charge on any atom is 0.227 e. The van der Waals surface area contributed by atoms with Crippen LogP contribution in [0.25, 0.3) is 0 Å². The van der Waals surface area contributed by atoms with Crippen LogP contribution in [0.2, 0.25) is 5.02 Å². The molecule has 1 aliphatic rings. The predicted molar refractivity (Wildman–Crippen MR) is 84.9 cm³/mol. The molecule has 0 bridgehead atoms. The zero-order valence-corrected chi connectivity index (χ0v) is 13.3. The van der Waals surface area contributed by atoms with Crippen LogP contribution in [0.3, 0.4) is 0 Å². The number of halogens is 1. The smallest absolute Gasteiger partial charge is 0.227 e. The molecule has 0 heterocycles. The van der Waals surface area contributed by atoms with E-state index in [4.69, 9.17) is 11.6 Å². The SMILES string of the molecule is CC(C)[C@@H]1CC[C@@H](C)C[C@H]1C(=O)Nc1ccc(Cl)cc1. The number of rotatable bonds is 3. The van der Waals surface area contributed by atoms with Gasteiger partial charge in [0.2, 0.25) is 5.91 Å². The highest BCUT2D eigenvalue weighted by atomic mass is 35.5. The zero-order chi connectivity index (χ0) is 14.7. The summed E-state index contributed by atoms with van der Waals surface area (Å²) in [7, 11) is 0. The lowest BCUT2D eigenvalue weighted by atomic mass is 9.70. The first-order chi connectivity index (χ1) is 9.47. The lowest BCUT2D eigenvalue weighted by Gasteiger charge is -2.36. The summed E-state index contributed by atoms with van der Waals surface area (Å²) in [5.41, 5.74) is 0.833. The maximum absolute atomic E-state index is 12.6. The Bertz CT molecular complexity index is 455. The summed E-state index contributed by atoms with van der Waals surface area (Å²) in [6.07, 6.45) is 3.41. The van der Waals surface area contributed by atoms with Crippen LogP contribution >= 0.6 is 11.6 Å². The Kier molecular flexibility index (Phi) is 5.09. The molecule has 1 saturated carbocycles. The summed E-state index contributed by atoms with van der Waals surface area (Å²) in [6, 6.07) is 7.33. The molecule has 0 saturated heterocycles. The highest BCUT2D eigenvalue weighted by molar-refractivity contribution is 6.30. The van der Waals surface area contributed by atoms with E-state index in [1.165, 1.54) is 6.42 Å². The minimum absolute atomic E-state index is 0.134. The quantitative estimate of drug-likeness (QED) is 0.836. The van der Waals surface area contributed by atoms with Crippen molar-refractivity contribution in [2.45, 2.75) is 40.0 Å². The van der Waals surface area contributed by atoms with Crippen molar-refractivity contribution < 1.29 is 4.79 Å². The molecule has 20 heavy (non-hydrogen) atoms. The molecular formula is C17H24ClNO. The molecule has 1 amide bonds. The van der Waals surface area contributed by atoms with Gasteiger partial charge in [0, 0.05) is 16.6 Å². The second-order valence-corrected chi connectivity index (χ2v) is 6.87. The van der Waals surface area contributed by atoms with Crippen LogP contribution in [0.15, 0.2) is 24.3 Å². The van der Waals surface area contributed by atoms with Gasteiger partial charge in [-0.25, -0.2) is 0 Å². The van der Waals surface area contributed by atoms with E-state index >= 15 is 0 Å². The lowest BCUT2D eigenvalue weighted by molar-refractivity contribution is -0.123. The molecule has 1 fully saturated rings. The summed E-state index contributed by atoms with van der Waals surface area (Å²) >= 11 is 5.87. The van der Waals surface area contributed by atoms with Gasteiger partial charge in [0.15, 0.2) is 0 Å². The van der Waals surface area contributed by atoms with E-state index in [1.807, 2.05) is 12.1 Å². The molecule has 0 aliphatic heterocycles. The summed E-state index contributed by atoms with van der Waals surface area (Å²) in [5, 5.41) is 3.74. The molecular weight excluding hydrogens is 270 g/mol. The van der Waals surface area contributed by atoms with Crippen molar-refractivity contribution in [2.24, 2.45) is 23.7 Å². The van der Waals surface area contributed by atoms with Crippen molar-refractivity contribution >= 4 is 23.2 Å². The third-order valence-electron chi connectivity index (χ3n) is 4.47. The Labute approximate surface area is 126 Å². The molecule has 3 atom stereocenters. The Balaban J connectivity index is 2.07. The normalized spacial score (nSPS) is 26.6. The first kappa shape index (κ1) is 15.4. The molecule has 0 spiro atoms. The summed E-state index contributed by atoms with van der Waals surface area (Å²) in [5.74, 6) is 2.00. The van der Waals surface area contributed by atoms with Gasteiger partial charge in [-0.2, -0.15) is 0 Å². The van der Waals surface area contributed by atoms with E-state index in [0.29, 0.717) is 22.8 Å². The zero-order valence-electron chi connectivity index (χ0n) is 12.5. The van der Waals surface area contributed by atoms with Gasteiger partial charge in [-0.05, 0) is 54.9 Å². The molecule has 0 radical (unpaired) electrons. The van der Waals surface area contributed by atoms with E-state index in [0.717, 1.165) is 18.5 Å². The number of carbonyl (C=O) groups is 1. The van der Waals surface area contributed by atoms with E-state index in [-0.39, 0.29) is 11.8 Å². The molecule has 2 rings (SSSR count). The van der Waals surface area contributed by atoms with Crippen LogP contribution in [-0.2, 0) is 4.79 Å². The van der Waals surface area contributed by atoms with Gasteiger partial charge in [0.1, 0.15) is 0 Å². The average Bonchev–Trinajstić information content (AvgIpc) is 2.41. The molecule has 0 unspecified atom stereocenters. The Morgan fingerprint density at radius 3 is 2.50 bits per heavy atom. The van der Waals surface area contributed by atoms with Crippen LogP contribution in [0.5, 0.6) is 0 Å². The van der Waals surface area contributed by atoms with Crippen molar-refractivity contribution in [2.75, 3.05) is 5.32 Å². The number of hydrogen-bond donors (Lipinski definition) is 1. The highest BCUT2D eigenvalue weighted by Crippen LogP contribution is 2.38. The third kappa shape index (κ3) is 3.76. The van der Waals surface area contributed by atoms with Gasteiger partial charge in [0.25, 0.3) is 0 Å². The van der Waals surface area contributed by atoms with Gasteiger partial charge in [-0.15, -0.1) is 0 Å². The molecule has 1 aromatic rings. The summed E-state index contributed by atoms with van der Waals surface area (Å²) < 4.78 is 0. The number of benzene rings is 1. The fourth-order valence-electron chi connectivity index (χ4n) is 3.27. The number of anilines is 1. The third-order valence-corrected chi connectivity index (χ3v) is 4.72. The number of carbonyl (C=O) groups excluding carboxylic acids is 1. The van der Waals surface area contributed by atoms with Crippen molar-refractivity contribution in [1.82, 2.24) is 0 Å². The predicted octanol–water partition coefficient (Wildman–Crippen LogP) is 4.99. The van der Waals surface area contributed by atoms with Crippen molar-refractivity contribution in [1.29, 1.82) is 0 Å². The first-order valence-corrected chi connectivity index (χ1v) is 7.91. The van der Waals surface area contributed by atoms with E-state index < -0.39 is 0 Å². The second-order valence-electron chi connectivity index (χ2n) is 6.43. The Morgan fingerprint density at radius 2 is 1.90 bits per heavy atom. The topological polar surface area (TPSA) is 29.1 Å². The number of hydrogen-bond acceptors (Lipinski definition) is 1. The van der Waals surface area contributed by atoms with Crippen molar-refractivity contribution in [3.8, 4) is 0 Å². The van der Waals surface area contributed by atoms with Gasteiger partial charge < -0.3 is 5.32 Å². The van der Waals surface area contributed by atoms with Crippen molar-refractivity contribution in [3.63, 3.8) is 0 Å². The number of amides is 1. The first-order valence-electron chi connectivity index (χ1n) is 7.53. The molecule has 110 valence electrons. The minimum atomic E-state index is 0.134. The monoisotopic (exact) mass is 293 g/mol. The van der Waals surface area contributed by atoms with Gasteiger partial charge >= 0.3 is 0 Å². The standard InChI is InChI=1S/C17H24ClNO/c1-11(2)15-9-4-12(3)10-16(15)17(20)19-14-7-5-13(18)6-8-14/h5-8,11-12,15-16H,4,9-10H2,1-3H3,(H,19,20)/t12-,15+,16-/m1/s1. The molecule has 2 nitrogen and oxygen atoms in total. The largest absolute Gasteiger partial charge is 0.326 e. The fraction of sp³-hybridized carbons (Fsp3) is 0.588. The minimum Gasteiger partial charge on any atom is -0.326 e. The van der Waals surface area contributed by atoms with E-state index in [2.05, 4.69) is 26.1 Å². The van der Waals surface area contributed by atoms with Gasteiger partial charge in [-0.3, -0.25) is 4.79 Å². The fourth-order valence-corrected chi connectivity index (χ4v) is 3.40. The summed E-state index contributed by atoms with van der Waals surface area (Å²) in [4.78, 5) is 12.6. The molecule has 3 heteroatoms. The van der Waals surface area contributed by atoms with Gasteiger partial charge in [-0.1, -0.05) is 38.8 Å². The molecule has 1 aliphatic carbocycles.